The molecule has 0 bridgehead atoms. The van der Waals surface area contributed by atoms with Crippen molar-refractivity contribution in [3.63, 3.8) is 0 Å². The number of ether oxygens (including phenoxy) is 1. The van der Waals surface area contributed by atoms with Gasteiger partial charge in [0, 0.05) is 17.8 Å². The van der Waals surface area contributed by atoms with E-state index >= 15 is 0 Å². The van der Waals surface area contributed by atoms with Crippen molar-refractivity contribution in [1.29, 1.82) is 0 Å². The van der Waals surface area contributed by atoms with E-state index in [9.17, 15) is 9.59 Å². The lowest BCUT2D eigenvalue weighted by Crippen LogP contribution is -2.37. The Bertz CT molecular complexity index is 1060. The number of nitrogen functional groups attached to an aromatic ring is 1. The van der Waals surface area contributed by atoms with Crippen LogP contribution in [0.3, 0.4) is 0 Å². The highest BCUT2D eigenvalue weighted by Crippen LogP contribution is 2.28. The lowest BCUT2D eigenvalue weighted by Gasteiger charge is -2.21. The van der Waals surface area contributed by atoms with Gasteiger partial charge in [-0.1, -0.05) is 12.1 Å². The molecule has 0 aliphatic rings. The number of amides is 1. The fourth-order valence-corrected chi connectivity index (χ4v) is 3.62. The molecule has 4 N–H and O–H groups in total. The van der Waals surface area contributed by atoms with E-state index in [1.54, 1.807) is 36.4 Å². The van der Waals surface area contributed by atoms with Gasteiger partial charge < -0.3 is 20.9 Å². The Morgan fingerprint density at radius 2 is 1.77 bits per heavy atom. The van der Waals surface area contributed by atoms with Crippen LogP contribution in [0.25, 0.3) is 10.6 Å². The van der Waals surface area contributed by atoms with E-state index in [2.05, 4.69) is 10.3 Å². The topological polar surface area (TPSA) is 115 Å². The van der Waals surface area contributed by atoms with Gasteiger partial charge in [0.05, 0.1) is 5.69 Å². The molecule has 7 nitrogen and oxygen atoms in total. The van der Waals surface area contributed by atoms with Crippen molar-refractivity contribution in [2.45, 2.75) is 32.9 Å². The van der Waals surface area contributed by atoms with E-state index < -0.39 is 11.6 Å². The molecule has 8 heteroatoms. The molecule has 0 spiro atoms. The number of carbonyl (C=O) groups excluding carboxylic acids is 1. The van der Waals surface area contributed by atoms with E-state index in [1.807, 2.05) is 19.1 Å². The van der Waals surface area contributed by atoms with Crippen molar-refractivity contribution in [3.05, 3.63) is 64.7 Å². The third-order valence-corrected chi connectivity index (χ3v) is 5.63. The number of nitrogens with zero attached hydrogens (tertiary/aromatic N) is 1. The first-order chi connectivity index (χ1) is 14.2. The Morgan fingerprint density at radius 1 is 1.13 bits per heavy atom. The van der Waals surface area contributed by atoms with Crippen LogP contribution in [0.5, 0.6) is 5.75 Å². The number of nitrogens with one attached hydrogen (secondary N) is 1. The average molecular weight is 426 g/mol. The highest BCUT2D eigenvalue weighted by Gasteiger charge is 2.29. The van der Waals surface area contributed by atoms with Crippen LogP contribution >= 0.6 is 11.3 Å². The zero-order valence-electron chi connectivity index (χ0n) is 16.9. The smallest absolute Gasteiger partial charge is 0.347 e. The van der Waals surface area contributed by atoms with Crippen LogP contribution in [0, 0.1) is 6.92 Å². The Kier molecular flexibility index (Phi) is 6.07. The molecule has 1 heterocycles. The Labute approximate surface area is 178 Å². The summed E-state index contributed by atoms with van der Waals surface area (Å²) >= 11 is 1.33. The number of carboxylic acid groups (broad SMARTS) is 1. The average Bonchev–Trinajstić information content (AvgIpc) is 3.09. The van der Waals surface area contributed by atoms with Gasteiger partial charge in [-0.3, -0.25) is 4.79 Å². The van der Waals surface area contributed by atoms with Gasteiger partial charge in [0.1, 0.15) is 15.6 Å². The summed E-state index contributed by atoms with van der Waals surface area (Å²) < 4.78 is 5.48. The fourth-order valence-electron chi connectivity index (χ4n) is 2.63. The SMILES string of the molecule is Cc1nc(-c2ccc(N)cc2)sc1C(=O)NCc1ccc(OC(C)(C)C(=O)O)cc1. The molecule has 0 unspecified atom stereocenters. The zero-order valence-corrected chi connectivity index (χ0v) is 17.7. The first-order valence-corrected chi connectivity index (χ1v) is 10.1. The van der Waals surface area contributed by atoms with E-state index in [-0.39, 0.29) is 5.91 Å². The number of anilines is 1. The van der Waals surface area contributed by atoms with Gasteiger partial charge in [-0.15, -0.1) is 11.3 Å². The first kappa shape index (κ1) is 21.3. The lowest BCUT2D eigenvalue weighted by molar-refractivity contribution is -0.152. The summed E-state index contributed by atoms with van der Waals surface area (Å²) in [5.74, 6) is -0.792. The summed E-state index contributed by atoms with van der Waals surface area (Å²) in [6.07, 6.45) is 0. The second kappa shape index (κ2) is 8.54. The highest BCUT2D eigenvalue weighted by molar-refractivity contribution is 7.17. The molecule has 0 saturated carbocycles. The minimum absolute atomic E-state index is 0.195. The molecule has 0 saturated heterocycles. The van der Waals surface area contributed by atoms with Crippen molar-refractivity contribution in [3.8, 4) is 16.3 Å². The molecule has 1 amide bonds. The quantitative estimate of drug-likeness (QED) is 0.495. The van der Waals surface area contributed by atoms with Crippen LogP contribution in [-0.4, -0.2) is 27.6 Å². The lowest BCUT2D eigenvalue weighted by atomic mass is 10.1. The van der Waals surface area contributed by atoms with Crippen LogP contribution in [0.2, 0.25) is 0 Å². The predicted octanol–water partition coefficient (Wildman–Crippen LogP) is 3.87. The summed E-state index contributed by atoms with van der Waals surface area (Å²) in [5, 5.41) is 12.8. The second-order valence-corrected chi connectivity index (χ2v) is 8.30. The summed E-state index contributed by atoms with van der Waals surface area (Å²) in [6.45, 7) is 5.11. The standard InChI is InChI=1S/C22H23N3O4S/c1-13-18(30-20(25-13)15-6-8-16(23)9-7-15)19(26)24-12-14-4-10-17(11-5-14)29-22(2,3)21(27)28/h4-11H,12,23H2,1-3H3,(H,24,26)(H,27,28). The molecule has 0 atom stereocenters. The van der Waals surface area contributed by atoms with Crippen LogP contribution in [0.15, 0.2) is 48.5 Å². The number of carboxylic acids is 1. The van der Waals surface area contributed by atoms with Gasteiger partial charge in [-0.25, -0.2) is 9.78 Å². The van der Waals surface area contributed by atoms with Gasteiger partial charge in [0.2, 0.25) is 0 Å². The number of nitrogens with two attached hydrogens (primary N) is 1. The van der Waals surface area contributed by atoms with Gasteiger partial charge in [-0.05, 0) is 62.7 Å². The molecule has 0 radical (unpaired) electrons. The Morgan fingerprint density at radius 3 is 2.37 bits per heavy atom. The van der Waals surface area contributed by atoms with E-state index in [0.29, 0.717) is 28.6 Å². The molecule has 3 aromatic rings. The molecule has 0 aliphatic carbocycles. The number of aromatic nitrogens is 1. The van der Waals surface area contributed by atoms with E-state index in [1.165, 1.54) is 25.2 Å². The summed E-state index contributed by atoms with van der Waals surface area (Å²) in [7, 11) is 0. The number of aryl methyl sites for hydroxylation is 1. The molecule has 156 valence electrons. The van der Waals surface area contributed by atoms with Crippen LogP contribution in [0.1, 0.15) is 34.8 Å². The minimum Gasteiger partial charge on any atom is -0.478 e. The van der Waals surface area contributed by atoms with Gasteiger partial charge in [-0.2, -0.15) is 0 Å². The summed E-state index contributed by atoms with van der Waals surface area (Å²) in [4.78, 5) is 28.8. The molecule has 0 aliphatic heterocycles. The largest absolute Gasteiger partial charge is 0.478 e. The fraction of sp³-hybridized carbons (Fsp3) is 0.227. The maximum Gasteiger partial charge on any atom is 0.347 e. The van der Waals surface area contributed by atoms with Gasteiger partial charge >= 0.3 is 5.97 Å². The number of hydrogen-bond donors (Lipinski definition) is 3. The number of carbonyl (C=O) groups is 2. The van der Waals surface area contributed by atoms with Crippen molar-refractivity contribution < 1.29 is 19.4 Å². The zero-order chi connectivity index (χ0) is 21.9. The first-order valence-electron chi connectivity index (χ1n) is 9.28. The second-order valence-electron chi connectivity index (χ2n) is 7.30. The normalized spacial score (nSPS) is 11.2. The maximum absolute atomic E-state index is 12.6. The van der Waals surface area contributed by atoms with Crippen molar-refractivity contribution >= 4 is 28.9 Å². The van der Waals surface area contributed by atoms with E-state index in [0.717, 1.165) is 16.1 Å². The number of benzene rings is 2. The highest BCUT2D eigenvalue weighted by atomic mass is 32.1. The van der Waals surface area contributed by atoms with Gasteiger partial charge in [0.25, 0.3) is 5.91 Å². The molecule has 1 aromatic heterocycles. The molecular weight excluding hydrogens is 402 g/mol. The minimum atomic E-state index is -1.32. The van der Waals surface area contributed by atoms with Crippen LogP contribution in [0.4, 0.5) is 5.69 Å². The van der Waals surface area contributed by atoms with E-state index in [4.69, 9.17) is 15.6 Å². The number of rotatable bonds is 7. The molecular formula is C22H23N3O4S. The van der Waals surface area contributed by atoms with Crippen LogP contribution in [-0.2, 0) is 11.3 Å². The van der Waals surface area contributed by atoms with Crippen molar-refractivity contribution in [1.82, 2.24) is 10.3 Å². The number of aliphatic carboxylic acids is 1. The predicted molar refractivity (Wildman–Crippen MR) is 117 cm³/mol. The molecule has 2 aromatic carbocycles. The molecule has 30 heavy (non-hydrogen) atoms. The maximum atomic E-state index is 12.6. The van der Waals surface area contributed by atoms with Crippen molar-refractivity contribution in [2.24, 2.45) is 0 Å². The Balaban J connectivity index is 1.63. The van der Waals surface area contributed by atoms with Gasteiger partial charge in [0.15, 0.2) is 5.60 Å². The van der Waals surface area contributed by atoms with Crippen molar-refractivity contribution in [2.75, 3.05) is 5.73 Å². The monoisotopic (exact) mass is 425 g/mol. The number of thiazole rings is 1. The molecule has 0 fully saturated rings. The molecule has 3 rings (SSSR count). The Hall–Kier alpha value is -3.39. The third kappa shape index (κ3) is 4.96. The summed E-state index contributed by atoms with van der Waals surface area (Å²) in [5.41, 5.74) is 7.53. The third-order valence-electron chi connectivity index (χ3n) is 4.42. The van der Waals surface area contributed by atoms with Crippen LogP contribution < -0.4 is 15.8 Å². The number of hydrogen-bond acceptors (Lipinski definition) is 6. The summed E-state index contributed by atoms with van der Waals surface area (Å²) in [6, 6.07) is 14.3.